The number of rotatable bonds is 0. The Morgan fingerprint density at radius 2 is 1.22 bits per heavy atom. The highest BCUT2D eigenvalue weighted by Crippen LogP contribution is 2.42. The summed E-state index contributed by atoms with van der Waals surface area (Å²) in [7, 11) is 0. The second kappa shape index (κ2) is 5.18. The lowest BCUT2D eigenvalue weighted by molar-refractivity contribution is -0.138. The molecule has 0 unspecified atom stereocenters. The molecular formula is C17H12Br2N2O2. The first-order valence-corrected chi connectivity index (χ1v) is 8.76. The van der Waals surface area contributed by atoms with E-state index in [1.54, 1.807) is 0 Å². The summed E-state index contributed by atoms with van der Waals surface area (Å²) >= 11 is 6.90. The monoisotopic (exact) mass is 434 g/mol. The van der Waals surface area contributed by atoms with Crippen molar-refractivity contribution in [3.05, 3.63) is 56.5 Å². The molecule has 1 spiro atoms. The molecule has 2 amide bonds. The fraction of sp³-hybridized carbons (Fsp3) is 0.176. The van der Waals surface area contributed by atoms with Gasteiger partial charge in [0.05, 0.1) is 0 Å². The van der Waals surface area contributed by atoms with Gasteiger partial charge in [0, 0.05) is 20.3 Å². The van der Waals surface area contributed by atoms with Gasteiger partial charge in [-0.05, 0) is 60.4 Å². The smallest absolute Gasteiger partial charge is 0.240 e. The number of benzene rings is 2. The molecule has 0 atom stereocenters. The summed E-state index contributed by atoms with van der Waals surface area (Å²) < 4.78 is 1.86. The average molecular weight is 436 g/mol. The molecule has 0 aromatic heterocycles. The SMILES string of the molecule is O=C1Nc2ccc(Br)cc2CC12Cc1cc(Br)ccc1NC2=O. The maximum atomic E-state index is 12.7. The third-order valence-electron chi connectivity index (χ3n) is 4.48. The summed E-state index contributed by atoms with van der Waals surface area (Å²) in [4.78, 5) is 25.5. The number of halogens is 2. The highest BCUT2D eigenvalue weighted by atomic mass is 79.9. The molecule has 4 nitrogen and oxygen atoms in total. The maximum absolute atomic E-state index is 12.7. The second-order valence-electron chi connectivity index (χ2n) is 5.95. The van der Waals surface area contributed by atoms with Crippen LogP contribution in [0.5, 0.6) is 0 Å². The van der Waals surface area contributed by atoms with E-state index < -0.39 is 5.41 Å². The van der Waals surface area contributed by atoms with Gasteiger partial charge in [0.15, 0.2) is 0 Å². The number of hydrogen-bond acceptors (Lipinski definition) is 2. The van der Waals surface area contributed by atoms with Gasteiger partial charge in [-0.3, -0.25) is 9.59 Å². The van der Waals surface area contributed by atoms with Crippen LogP contribution in [-0.2, 0) is 22.4 Å². The average Bonchev–Trinajstić information content (AvgIpc) is 2.50. The summed E-state index contributed by atoms with van der Waals surface area (Å²) in [6.07, 6.45) is 0.788. The Hall–Kier alpha value is -1.66. The van der Waals surface area contributed by atoms with Crippen molar-refractivity contribution in [2.24, 2.45) is 5.41 Å². The van der Waals surface area contributed by atoms with E-state index in [4.69, 9.17) is 0 Å². The third-order valence-corrected chi connectivity index (χ3v) is 5.47. The lowest BCUT2D eigenvalue weighted by atomic mass is 9.70. The van der Waals surface area contributed by atoms with E-state index in [1.165, 1.54) is 0 Å². The van der Waals surface area contributed by atoms with Crippen LogP contribution in [0.2, 0.25) is 0 Å². The Morgan fingerprint density at radius 1 is 0.783 bits per heavy atom. The second-order valence-corrected chi connectivity index (χ2v) is 7.78. The van der Waals surface area contributed by atoms with E-state index in [-0.39, 0.29) is 11.8 Å². The number of anilines is 2. The van der Waals surface area contributed by atoms with Crippen molar-refractivity contribution in [1.82, 2.24) is 0 Å². The summed E-state index contributed by atoms with van der Waals surface area (Å²) in [6.45, 7) is 0. The molecule has 2 aliphatic heterocycles. The molecule has 116 valence electrons. The minimum atomic E-state index is -1.10. The molecule has 0 radical (unpaired) electrons. The molecule has 0 fully saturated rings. The van der Waals surface area contributed by atoms with E-state index in [9.17, 15) is 9.59 Å². The Labute approximate surface area is 149 Å². The van der Waals surface area contributed by atoms with Crippen LogP contribution in [0.4, 0.5) is 11.4 Å². The number of amides is 2. The zero-order valence-corrected chi connectivity index (χ0v) is 15.1. The van der Waals surface area contributed by atoms with E-state index in [0.29, 0.717) is 12.8 Å². The molecular weight excluding hydrogens is 424 g/mol. The van der Waals surface area contributed by atoms with Crippen LogP contribution >= 0.6 is 31.9 Å². The van der Waals surface area contributed by atoms with Gasteiger partial charge in [0.2, 0.25) is 11.8 Å². The van der Waals surface area contributed by atoms with Gasteiger partial charge in [-0.15, -0.1) is 0 Å². The zero-order chi connectivity index (χ0) is 16.2. The van der Waals surface area contributed by atoms with Crippen LogP contribution in [0.15, 0.2) is 45.3 Å². The van der Waals surface area contributed by atoms with Gasteiger partial charge in [-0.1, -0.05) is 31.9 Å². The molecule has 4 rings (SSSR count). The molecule has 0 saturated carbocycles. The Balaban J connectivity index is 1.81. The first-order chi connectivity index (χ1) is 11.0. The fourth-order valence-corrected chi connectivity index (χ4v) is 4.10. The van der Waals surface area contributed by atoms with Crippen LogP contribution in [0, 0.1) is 5.41 Å². The van der Waals surface area contributed by atoms with Crippen LogP contribution in [0.25, 0.3) is 0 Å². The predicted octanol–water partition coefficient (Wildman–Crippen LogP) is 3.89. The number of carbonyl (C=O) groups excluding carboxylic acids is 2. The molecule has 0 aliphatic carbocycles. The number of hydrogen-bond donors (Lipinski definition) is 2. The van der Waals surface area contributed by atoms with Gasteiger partial charge < -0.3 is 10.6 Å². The van der Waals surface area contributed by atoms with Crippen LogP contribution in [0.1, 0.15) is 11.1 Å². The third kappa shape index (κ3) is 2.32. The van der Waals surface area contributed by atoms with Crippen molar-refractivity contribution in [3.8, 4) is 0 Å². The van der Waals surface area contributed by atoms with Crippen LogP contribution in [0.3, 0.4) is 0 Å². The largest absolute Gasteiger partial charge is 0.325 e. The standard InChI is InChI=1S/C17H12Br2N2O2/c18-11-1-3-13-9(5-11)7-17(15(22)20-13)8-10-6-12(19)2-4-14(10)21-16(17)23/h1-6H,7-8H2,(H,20,22)(H,21,23). The molecule has 0 bridgehead atoms. The lowest BCUT2D eigenvalue weighted by Gasteiger charge is -2.39. The maximum Gasteiger partial charge on any atom is 0.240 e. The van der Waals surface area contributed by atoms with Crippen molar-refractivity contribution in [2.45, 2.75) is 12.8 Å². The van der Waals surface area contributed by atoms with Crippen molar-refractivity contribution < 1.29 is 9.59 Å². The van der Waals surface area contributed by atoms with Gasteiger partial charge >= 0.3 is 0 Å². The van der Waals surface area contributed by atoms with Crippen molar-refractivity contribution in [1.29, 1.82) is 0 Å². The Morgan fingerprint density at radius 3 is 1.65 bits per heavy atom. The van der Waals surface area contributed by atoms with E-state index >= 15 is 0 Å². The first kappa shape index (κ1) is 14.9. The summed E-state index contributed by atoms with van der Waals surface area (Å²) in [5, 5.41) is 5.78. The van der Waals surface area contributed by atoms with E-state index in [0.717, 1.165) is 31.4 Å². The van der Waals surface area contributed by atoms with Gasteiger partial charge in [0.25, 0.3) is 0 Å². The van der Waals surface area contributed by atoms with Gasteiger partial charge in [0.1, 0.15) is 5.41 Å². The minimum Gasteiger partial charge on any atom is -0.325 e. The molecule has 2 aliphatic rings. The Bertz CT molecular complexity index is 792. The molecule has 23 heavy (non-hydrogen) atoms. The molecule has 0 saturated heterocycles. The minimum absolute atomic E-state index is 0.240. The highest BCUT2D eigenvalue weighted by molar-refractivity contribution is 9.10. The van der Waals surface area contributed by atoms with Gasteiger partial charge in [-0.2, -0.15) is 0 Å². The summed E-state index contributed by atoms with van der Waals surface area (Å²) in [5.74, 6) is -0.481. The molecule has 2 N–H and O–H groups in total. The Kier molecular flexibility index (Phi) is 3.35. The zero-order valence-electron chi connectivity index (χ0n) is 12.0. The number of fused-ring (bicyclic) bond motifs is 2. The van der Waals surface area contributed by atoms with E-state index in [2.05, 4.69) is 42.5 Å². The first-order valence-electron chi connectivity index (χ1n) is 7.18. The van der Waals surface area contributed by atoms with Crippen LogP contribution < -0.4 is 10.6 Å². The summed E-state index contributed by atoms with van der Waals surface area (Å²) in [5.41, 5.74) is 2.38. The normalized spacial score (nSPS) is 18.0. The quantitative estimate of drug-likeness (QED) is 0.616. The summed E-state index contributed by atoms with van der Waals surface area (Å²) in [6, 6.07) is 11.4. The molecule has 2 heterocycles. The van der Waals surface area contributed by atoms with Crippen molar-refractivity contribution >= 4 is 55.0 Å². The fourth-order valence-electron chi connectivity index (χ4n) is 3.28. The molecule has 6 heteroatoms. The number of nitrogens with one attached hydrogen (secondary N) is 2. The highest BCUT2D eigenvalue weighted by Gasteiger charge is 2.51. The van der Waals surface area contributed by atoms with Crippen molar-refractivity contribution in [2.75, 3.05) is 10.6 Å². The topological polar surface area (TPSA) is 58.2 Å². The van der Waals surface area contributed by atoms with E-state index in [1.807, 2.05) is 36.4 Å². The van der Waals surface area contributed by atoms with Gasteiger partial charge in [-0.25, -0.2) is 0 Å². The van der Waals surface area contributed by atoms with Crippen molar-refractivity contribution in [3.63, 3.8) is 0 Å². The predicted molar refractivity (Wildman–Crippen MR) is 95.4 cm³/mol. The molecule has 2 aromatic rings. The number of carbonyl (C=O) groups is 2. The lowest BCUT2D eigenvalue weighted by Crippen LogP contribution is -2.53. The van der Waals surface area contributed by atoms with Crippen LogP contribution in [-0.4, -0.2) is 11.8 Å². The molecule has 2 aromatic carbocycles.